The second-order valence-electron chi connectivity index (χ2n) is 10.7. The van der Waals surface area contributed by atoms with Crippen LogP contribution in [0.1, 0.15) is 16.8 Å². The lowest BCUT2D eigenvalue weighted by atomic mass is 9.95. The Bertz CT molecular complexity index is 1850. The van der Waals surface area contributed by atoms with Gasteiger partial charge in [0, 0.05) is 47.3 Å². The molecule has 0 saturated carbocycles. The number of aromatic nitrogens is 6. The lowest BCUT2D eigenvalue weighted by molar-refractivity contribution is 0.0359. The zero-order valence-corrected chi connectivity index (χ0v) is 23.5. The van der Waals surface area contributed by atoms with Crippen molar-refractivity contribution in [1.29, 1.82) is 0 Å². The van der Waals surface area contributed by atoms with Gasteiger partial charge in [-0.3, -0.25) is 14.3 Å². The maximum Gasteiger partial charge on any atom is 0.142 e. The third-order valence-corrected chi connectivity index (χ3v) is 9.28. The van der Waals surface area contributed by atoms with Crippen molar-refractivity contribution in [2.75, 3.05) is 38.2 Å². The van der Waals surface area contributed by atoms with Crippen molar-refractivity contribution in [3.05, 3.63) is 84.1 Å². The first kappa shape index (κ1) is 24.7. The SMILES string of the molecule is c1ccc(Cn2ncc3cc(Nc4ncnc5sc6c(c45)CCc4nn(CCN5CCOCC5)cc4-6)ccc32)cc1. The van der Waals surface area contributed by atoms with E-state index in [2.05, 4.69) is 73.6 Å². The molecule has 5 heterocycles. The Labute approximate surface area is 241 Å². The van der Waals surface area contributed by atoms with Crippen molar-refractivity contribution in [3.8, 4) is 10.4 Å². The molecule has 2 aliphatic rings. The van der Waals surface area contributed by atoms with E-state index in [1.165, 1.54) is 27.3 Å². The van der Waals surface area contributed by atoms with Gasteiger partial charge in [0.1, 0.15) is 17.0 Å². The van der Waals surface area contributed by atoms with Crippen molar-refractivity contribution in [3.63, 3.8) is 0 Å². The fraction of sp³-hybridized carbons (Fsp3) is 0.290. The Morgan fingerprint density at radius 1 is 0.976 bits per heavy atom. The van der Waals surface area contributed by atoms with Crippen LogP contribution in [0.2, 0.25) is 0 Å². The highest BCUT2D eigenvalue weighted by Crippen LogP contribution is 2.45. The maximum atomic E-state index is 5.49. The van der Waals surface area contributed by atoms with Gasteiger partial charge >= 0.3 is 0 Å². The number of benzene rings is 2. The number of nitrogens with one attached hydrogen (secondary N) is 1. The number of fused-ring (bicyclic) bond motifs is 6. The van der Waals surface area contributed by atoms with Crippen LogP contribution >= 0.6 is 11.3 Å². The first-order valence-corrected chi connectivity index (χ1v) is 15.0. The number of hydrogen-bond donors (Lipinski definition) is 1. The molecule has 9 nitrogen and oxygen atoms in total. The minimum absolute atomic E-state index is 0.747. The van der Waals surface area contributed by atoms with Crippen molar-refractivity contribution in [2.24, 2.45) is 0 Å². The third-order valence-electron chi connectivity index (χ3n) is 8.11. The summed E-state index contributed by atoms with van der Waals surface area (Å²) in [6.45, 7) is 6.28. The molecule has 1 N–H and O–H groups in total. The van der Waals surface area contributed by atoms with E-state index in [-0.39, 0.29) is 0 Å². The molecule has 0 unspecified atom stereocenters. The predicted octanol–water partition coefficient (Wildman–Crippen LogP) is 5.13. The van der Waals surface area contributed by atoms with Gasteiger partial charge in [-0.25, -0.2) is 9.97 Å². The zero-order chi connectivity index (χ0) is 27.2. The summed E-state index contributed by atoms with van der Waals surface area (Å²) in [7, 11) is 0. The van der Waals surface area contributed by atoms with E-state index in [4.69, 9.17) is 14.8 Å². The van der Waals surface area contributed by atoms with Crippen molar-refractivity contribution in [2.45, 2.75) is 25.9 Å². The molecule has 206 valence electrons. The van der Waals surface area contributed by atoms with Gasteiger partial charge in [-0.1, -0.05) is 30.3 Å². The Morgan fingerprint density at radius 2 is 1.88 bits per heavy atom. The van der Waals surface area contributed by atoms with Crippen molar-refractivity contribution in [1.82, 2.24) is 34.4 Å². The summed E-state index contributed by atoms with van der Waals surface area (Å²) in [5, 5.41) is 15.4. The normalized spacial score (nSPS) is 15.3. The highest BCUT2D eigenvalue weighted by molar-refractivity contribution is 7.22. The summed E-state index contributed by atoms with van der Waals surface area (Å²) in [5.74, 6) is 0.853. The summed E-state index contributed by atoms with van der Waals surface area (Å²) < 4.78 is 9.66. The van der Waals surface area contributed by atoms with E-state index in [9.17, 15) is 0 Å². The molecule has 6 aromatic rings. The van der Waals surface area contributed by atoms with Gasteiger partial charge in [-0.2, -0.15) is 10.2 Å². The van der Waals surface area contributed by atoms with Crippen LogP contribution in [-0.2, 0) is 30.7 Å². The van der Waals surface area contributed by atoms with Gasteiger partial charge in [0.15, 0.2) is 0 Å². The van der Waals surface area contributed by atoms with E-state index in [1.54, 1.807) is 17.7 Å². The molecule has 0 atom stereocenters. The van der Waals surface area contributed by atoms with Crippen LogP contribution in [-0.4, -0.2) is 67.3 Å². The minimum Gasteiger partial charge on any atom is -0.379 e. The average Bonchev–Trinajstić information content (AvgIpc) is 3.72. The van der Waals surface area contributed by atoms with Crippen LogP contribution in [0.5, 0.6) is 0 Å². The number of aryl methyl sites for hydroxylation is 2. The van der Waals surface area contributed by atoms with Gasteiger partial charge in [0.05, 0.1) is 49.1 Å². The molecule has 8 rings (SSSR count). The van der Waals surface area contributed by atoms with E-state index >= 15 is 0 Å². The molecule has 0 amide bonds. The molecule has 10 heteroatoms. The van der Waals surface area contributed by atoms with Crippen LogP contribution in [0.15, 0.2) is 67.3 Å². The second-order valence-corrected chi connectivity index (χ2v) is 11.7. The molecule has 1 fully saturated rings. The zero-order valence-electron chi connectivity index (χ0n) is 22.7. The lowest BCUT2D eigenvalue weighted by Crippen LogP contribution is -2.38. The standard InChI is InChI=1S/C31H30N8OS/c1-2-4-21(5-3-1)18-39-27-9-6-23(16-22(27)17-34-39)35-30-28-24-7-8-26-25(29(24)41-31(28)33-20-32-30)19-38(36-26)11-10-37-12-14-40-15-13-37/h1-6,9,16-17,19-20H,7-8,10-15,18H2,(H,32,33,35). The fourth-order valence-electron chi connectivity index (χ4n) is 5.99. The first-order chi connectivity index (χ1) is 20.3. The van der Waals surface area contributed by atoms with Gasteiger partial charge in [-0.05, 0) is 42.2 Å². The van der Waals surface area contributed by atoms with E-state index in [0.717, 1.165) is 91.4 Å². The average molecular weight is 563 g/mol. The number of rotatable bonds is 7. The summed E-state index contributed by atoms with van der Waals surface area (Å²) in [6, 6.07) is 16.8. The molecule has 1 saturated heterocycles. The predicted molar refractivity (Wildman–Crippen MR) is 162 cm³/mol. The number of nitrogens with zero attached hydrogens (tertiary/aromatic N) is 7. The number of hydrogen-bond acceptors (Lipinski definition) is 8. The second kappa shape index (κ2) is 10.4. The van der Waals surface area contributed by atoms with Crippen LogP contribution in [0.3, 0.4) is 0 Å². The molecule has 2 aromatic carbocycles. The first-order valence-electron chi connectivity index (χ1n) is 14.2. The van der Waals surface area contributed by atoms with Crippen molar-refractivity contribution < 1.29 is 4.74 Å². The van der Waals surface area contributed by atoms with Crippen molar-refractivity contribution >= 4 is 44.0 Å². The molecule has 1 aliphatic carbocycles. The molecule has 41 heavy (non-hydrogen) atoms. The highest BCUT2D eigenvalue weighted by atomic mass is 32.1. The minimum atomic E-state index is 0.747. The van der Waals surface area contributed by atoms with Gasteiger partial charge in [0.25, 0.3) is 0 Å². The quantitative estimate of drug-likeness (QED) is 0.289. The summed E-state index contributed by atoms with van der Waals surface area (Å²) in [6.07, 6.45) is 7.69. The summed E-state index contributed by atoms with van der Waals surface area (Å²) in [5.41, 5.74) is 7.09. The summed E-state index contributed by atoms with van der Waals surface area (Å²) in [4.78, 5) is 14.1. The van der Waals surface area contributed by atoms with Gasteiger partial charge < -0.3 is 10.1 Å². The third kappa shape index (κ3) is 4.67. The van der Waals surface area contributed by atoms with Gasteiger partial charge in [0.2, 0.25) is 0 Å². The number of thiophene rings is 1. The van der Waals surface area contributed by atoms with E-state index in [1.807, 2.05) is 16.9 Å². The smallest absolute Gasteiger partial charge is 0.142 e. The maximum absolute atomic E-state index is 5.49. The van der Waals surface area contributed by atoms with Crippen LogP contribution in [0.4, 0.5) is 11.5 Å². The monoisotopic (exact) mass is 562 g/mol. The fourth-order valence-corrected chi connectivity index (χ4v) is 7.21. The van der Waals surface area contributed by atoms with E-state index < -0.39 is 0 Å². The topological polar surface area (TPSA) is 85.9 Å². The highest BCUT2D eigenvalue weighted by Gasteiger charge is 2.26. The summed E-state index contributed by atoms with van der Waals surface area (Å²) >= 11 is 1.75. The Hall–Kier alpha value is -4.12. The number of ether oxygens (including phenoxy) is 1. The lowest BCUT2D eigenvalue weighted by Gasteiger charge is -2.26. The van der Waals surface area contributed by atoms with E-state index in [0.29, 0.717) is 0 Å². The Balaban J connectivity index is 1.06. The molecular formula is C31H30N8OS. The Kier molecular flexibility index (Phi) is 6.24. The molecule has 0 spiro atoms. The molecule has 0 radical (unpaired) electrons. The number of anilines is 2. The van der Waals surface area contributed by atoms with Crippen LogP contribution in [0.25, 0.3) is 31.6 Å². The van der Waals surface area contributed by atoms with Crippen LogP contribution in [0, 0.1) is 0 Å². The molecular weight excluding hydrogens is 532 g/mol. The van der Waals surface area contributed by atoms with Crippen LogP contribution < -0.4 is 5.32 Å². The molecule has 0 bridgehead atoms. The largest absolute Gasteiger partial charge is 0.379 e. The number of morpholine rings is 1. The Morgan fingerprint density at radius 3 is 2.78 bits per heavy atom. The molecule has 1 aliphatic heterocycles. The van der Waals surface area contributed by atoms with Gasteiger partial charge in [-0.15, -0.1) is 11.3 Å². The molecule has 4 aromatic heterocycles.